The summed E-state index contributed by atoms with van der Waals surface area (Å²) in [6.45, 7) is 7.58. The fourth-order valence-corrected chi connectivity index (χ4v) is 3.67. The van der Waals surface area contributed by atoms with Crippen molar-refractivity contribution in [2.75, 3.05) is 31.1 Å². The van der Waals surface area contributed by atoms with Crippen molar-refractivity contribution in [3.05, 3.63) is 60.2 Å². The lowest BCUT2D eigenvalue weighted by Crippen LogP contribution is -2.43. The second-order valence-electron chi connectivity index (χ2n) is 6.73. The Morgan fingerprint density at radius 3 is 2.23 bits per heavy atom. The first-order chi connectivity index (χ1) is 12.7. The predicted molar refractivity (Wildman–Crippen MR) is 108 cm³/mol. The summed E-state index contributed by atoms with van der Waals surface area (Å²) in [5, 5.41) is 3.51. The molecule has 0 bridgehead atoms. The van der Waals surface area contributed by atoms with E-state index >= 15 is 0 Å². The highest BCUT2D eigenvalue weighted by Gasteiger charge is 2.23. The van der Waals surface area contributed by atoms with Crippen LogP contribution >= 0.6 is 0 Å². The van der Waals surface area contributed by atoms with E-state index in [1.165, 1.54) is 18.5 Å². The zero-order chi connectivity index (χ0) is 18.4. The Hall–Kier alpha value is -2.33. The number of nitrogens with zero attached hydrogens (tertiary/aromatic N) is 2. The first-order valence-corrected chi connectivity index (χ1v) is 9.69. The number of amides is 1. The monoisotopic (exact) mass is 351 g/mol. The summed E-state index contributed by atoms with van der Waals surface area (Å²) in [6, 6.07) is 19.0. The van der Waals surface area contributed by atoms with E-state index in [0.717, 1.165) is 37.4 Å². The first-order valence-electron chi connectivity index (χ1n) is 9.69. The Balaban J connectivity index is 1.88. The molecule has 4 nitrogen and oxygen atoms in total. The molecule has 0 radical (unpaired) electrons. The summed E-state index contributed by atoms with van der Waals surface area (Å²) in [5.41, 5.74) is 3.09. The number of rotatable bonds is 6. The molecule has 1 unspecified atom stereocenters. The van der Waals surface area contributed by atoms with E-state index < -0.39 is 0 Å². The van der Waals surface area contributed by atoms with Gasteiger partial charge in [-0.3, -0.25) is 4.79 Å². The number of carbonyl (C=O) groups excluding carboxylic acids is 1. The van der Waals surface area contributed by atoms with Crippen LogP contribution in [0.25, 0.3) is 0 Å². The molecule has 4 heteroatoms. The average molecular weight is 351 g/mol. The normalized spacial score (nSPS) is 16.9. The molecular formula is C22H29N3O. The van der Waals surface area contributed by atoms with E-state index in [4.69, 9.17) is 0 Å². The number of carbonyl (C=O) groups is 1. The molecule has 0 aliphatic carbocycles. The maximum absolute atomic E-state index is 12.6. The lowest BCUT2D eigenvalue weighted by molar-refractivity contribution is 0.0773. The van der Waals surface area contributed by atoms with Crippen molar-refractivity contribution in [3.63, 3.8) is 0 Å². The molecule has 1 amide bonds. The van der Waals surface area contributed by atoms with Gasteiger partial charge in [0.25, 0.3) is 5.91 Å². The molecule has 0 spiro atoms. The molecule has 0 saturated carbocycles. The van der Waals surface area contributed by atoms with E-state index in [1.807, 2.05) is 36.9 Å². The van der Waals surface area contributed by atoms with Gasteiger partial charge in [0.1, 0.15) is 0 Å². The van der Waals surface area contributed by atoms with Crippen LogP contribution in [0, 0.1) is 0 Å². The Kier molecular flexibility index (Phi) is 6.29. The number of piperidine rings is 1. The molecule has 3 rings (SSSR count). The summed E-state index contributed by atoms with van der Waals surface area (Å²) < 4.78 is 0. The second-order valence-corrected chi connectivity index (χ2v) is 6.73. The highest BCUT2D eigenvalue weighted by molar-refractivity contribution is 5.94. The Bertz CT molecular complexity index is 689. The van der Waals surface area contributed by atoms with Gasteiger partial charge in [-0.1, -0.05) is 18.2 Å². The van der Waals surface area contributed by atoms with Crippen molar-refractivity contribution in [2.24, 2.45) is 0 Å². The maximum Gasteiger partial charge on any atom is 0.253 e. The maximum atomic E-state index is 12.6. The van der Waals surface area contributed by atoms with Crippen LogP contribution in [-0.2, 0) is 0 Å². The molecule has 1 heterocycles. The van der Waals surface area contributed by atoms with Crippen molar-refractivity contribution in [1.29, 1.82) is 0 Å². The zero-order valence-electron chi connectivity index (χ0n) is 15.8. The van der Waals surface area contributed by atoms with Crippen LogP contribution in [0.15, 0.2) is 54.6 Å². The third-order valence-electron chi connectivity index (χ3n) is 5.11. The number of nitrogens with one attached hydrogen (secondary N) is 1. The summed E-state index contributed by atoms with van der Waals surface area (Å²) in [4.78, 5) is 16.8. The number of para-hydroxylation sites is 1. The van der Waals surface area contributed by atoms with Crippen molar-refractivity contribution < 1.29 is 4.79 Å². The van der Waals surface area contributed by atoms with E-state index in [9.17, 15) is 4.79 Å². The molecule has 1 saturated heterocycles. The third kappa shape index (κ3) is 4.07. The third-order valence-corrected chi connectivity index (χ3v) is 5.11. The van der Waals surface area contributed by atoms with Gasteiger partial charge in [-0.15, -0.1) is 0 Å². The van der Waals surface area contributed by atoms with Crippen molar-refractivity contribution >= 4 is 17.3 Å². The minimum absolute atomic E-state index is 0.104. The van der Waals surface area contributed by atoms with Crippen molar-refractivity contribution in [2.45, 2.75) is 32.7 Å². The minimum Gasteiger partial charge on any atom is -0.339 e. The smallest absolute Gasteiger partial charge is 0.253 e. The van der Waals surface area contributed by atoms with E-state index in [2.05, 4.69) is 46.6 Å². The van der Waals surface area contributed by atoms with Gasteiger partial charge in [0.05, 0.1) is 0 Å². The van der Waals surface area contributed by atoms with Gasteiger partial charge in [-0.05, 0) is 69.6 Å². The molecule has 1 aliphatic heterocycles. The van der Waals surface area contributed by atoms with E-state index in [0.29, 0.717) is 6.04 Å². The van der Waals surface area contributed by atoms with Gasteiger partial charge < -0.3 is 15.1 Å². The van der Waals surface area contributed by atoms with Crippen molar-refractivity contribution in [3.8, 4) is 0 Å². The molecule has 1 N–H and O–H groups in total. The van der Waals surface area contributed by atoms with Crippen LogP contribution in [0.4, 0.5) is 11.4 Å². The Labute approximate surface area is 156 Å². The van der Waals surface area contributed by atoms with Crippen LogP contribution < -0.4 is 10.2 Å². The molecule has 2 aromatic carbocycles. The Morgan fingerprint density at radius 1 is 1.00 bits per heavy atom. The quantitative estimate of drug-likeness (QED) is 0.852. The van der Waals surface area contributed by atoms with Gasteiger partial charge in [0.2, 0.25) is 0 Å². The standard InChI is InChI=1S/C22H29N3O/c1-3-24(4-2)22(26)18-12-14-20(15-13-18)25(19-9-6-5-7-10-19)21-11-8-16-23-17-21/h5-7,9-10,12-15,21,23H,3-4,8,11,16-17H2,1-2H3. The van der Waals surface area contributed by atoms with Crippen LogP contribution in [-0.4, -0.2) is 43.0 Å². The highest BCUT2D eigenvalue weighted by atomic mass is 16.2. The van der Waals surface area contributed by atoms with Gasteiger partial charge in [0, 0.05) is 42.6 Å². The van der Waals surface area contributed by atoms with Gasteiger partial charge in [-0.25, -0.2) is 0 Å². The lowest BCUT2D eigenvalue weighted by atomic mass is 10.0. The summed E-state index contributed by atoms with van der Waals surface area (Å²) in [5.74, 6) is 0.104. The lowest BCUT2D eigenvalue weighted by Gasteiger charge is -2.36. The van der Waals surface area contributed by atoms with Gasteiger partial charge in [-0.2, -0.15) is 0 Å². The molecule has 1 atom stereocenters. The summed E-state index contributed by atoms with van der Waals surface area (Å²) >= 11 is 0. The molecule has 2 aromatic rings. The number of anilines is 2. The van der Waals surface area contributed by atoms with E-state index in [-0.39, 0.29) is 5.91 Å². The number of hydrogen-bond donors (Lipinski definition) is 1. The number of benzene rings is 2. The fraction of sp³-hybridized carbons (Fsp3) is 0.409. The molecule has 26 heavy (non-hydrogen) atoms. The first kappa shape index (κ1) is 18.5. The summed E-state index contributed by atoms with van der Waals surface area (Å²) in [7, 11) is 0. The van der Waals surface area contributed by atoms with Gasteiger partial charge in [0.15, 0.2) is 0 Å². The second kappa shape index (κ2) is 8.86. The molecule has 0 aromatic heterocycles. The molecular weight excluding hydrogens is 322 g/mol. The van der Waals surface area contributed by atoms with Crippen LogP contribution in [0.3, 0.4) is 0 Å². The molecule has 1 fully saturated rings. The zero-order valence-corrected chi connectivity index (χ0v) is 15.8. The SMILES string of the molecule is CCN(CC)C(=O)c1ccc(N(c2ccccc2)C2CCCNC2)cc1. The highest BCUT2D eigenvalue weighted by Crippen LogP contribution is 2.30. The fourth-order valence-electron chi connectivity index (χ4n) is 3.67. The van der Waals surface area contributed by atoms with Crippen LogP contribution in [0.2, 0.25) is 0 Å². The number of hydrogen-bond acceptors (Lipinski definition) is 3. The van der Waals surface area contributed by atoms with Crippen molar-refractivity contribution in [1.82, 2.24) is 10.2 Å². The predicted octanol–water partition coefficient (Wildman–Crippen LogP) is 4.06. The topological polar surface area (TPSA) is 35.6 Å². The van der Waals surface area contributed by atoms with E-state index in [1.54, 1.807) is 0 Å². The van der Waals surface area contributed by atoms with Crippen LogP contribution in [0.1, 0.15) is 37.0 Å². The Morgan fingerprint density at radius 2 is 1.65 bits per heavy atom. The average Bonchev–Trinajstić information content (AvgIpc) is 2.71. The van der Waals surface area contributed by atoms with Crippen LogP contribution in [0.5, 0.6) is 0 Å². The summed E-state index contributed by atoms with van der Waals surface area (Å²) in [6.07, 6.45) is 2.36. The molecule has 138 valence electrons. The minimum atomic E-state index is 0.104. The largest absolute Gasteiger partial charge is 0.339 e. The molecule has 1 aliphatic rings. The van der Waals surface area contributed by atoms with Gasteiger partial charge >= 0.3 is 0 Å².